The van der Waals surface area contributed by atoms with Gasteiger partial charge in [-0.25, -0.2) is 14.3 Å². The van der Waals surface area contributed by atoms with Crippen LogP contribution in [0.15, 0.2) is 29.0 Å². The fourth-order valence-electron chi connectivity index (χ4n) is 1.48. The first-order chi connectivity index (χ1) is 7.88. The minimum Gasteiger partial charge on any atom is -0.443 e. The summed E-state index contributed by atoms with van der Waals surface area (Å²) in [6, 6.07) is 7.41. The quantitative estimate of drug-likeness (QED) is 0.746. The second-order valence-corrected chi connectivity index (χ2v) is 5.39. The molecule has 90 valence electrons. The van der Waals surface area contributed by atoms with E-state index in [0.29, 0.717) is 4.73 Å². The van der Waals surface area contributed by atoms with E-state index in [2.05, 4.69) is 20.9 Å². The maximum Gasteiger partial charge on any atom is 0.421 e. The lowest BCUT2D eigenvalue weighted by Gasteiger charge is -2.19. The molecule has 5 heteroatoms. The van der Waals surface area contributed by atoms with E-state index >= 15 is 0 Å². The molecule has 0 aliphatic rings. The van der Waals surface area contributed by atoms with Crippen molar-refractivity contribution in [1.29, 1.82) is 0 Å². The lowest BCUT2D eigenvalue weighted by molar-refractivity contribution is 0.0540. The van der Waals surface area contributed by atoms with Crippen LogP contribution in [0.5, 0.6) is 0 Å². The highest BCUT2D eigenvalue weighted by Crippen LogP contribution is 2.21. The first-order valence-corrected chi connectivity index (χ1v) is 6.04. The van der Waals surface area contributed by atoms with Gasteiger partial charge < -0.3 is 4.74 Å². The Morgan fingerprint density at radius 2 is 2.00 bits per heavy atom. The fraction of sp³-hybridized carbons (Fsp3) is 0.333. The number of para-hydroxylation sites is 2. The van der Waals surface area contributed by atoms with E-state index in [9.17, 15) is 4.79 Å². The molecule has 4 nitrogen and oxygen atoms in total. The number of hydrogen-bond acceptors (Lipinski definition) is 3. The van der Waals surface area contributed by atoms with Gasteiger partial charge in [0.05, 0.1) is 11.0 Å². The molecule has 0 N–H and O–H groups in total. The van der Waals surface area contributed by atoms with Crippen molar-refractivity contribution in [1.82, 2.24) is 9.55 Å². The van der Waals surface area contributed by atoms with Gasteiger partial charge in [-0.3, -0.25) is 0 Å². The molecule has 1 aromatic heterocycles. The van der Waals surface area contributed by atoms with Crippen LogP contribution in [0.25, 0.3) is 11.0 Å². The van der Waals surface area contributed by atoms with Gasteiger partial charge in [-0.2, -0.15) is 0 Å². The van der Waals surface area contributed by atoms with Gasteiger partial charge in [0.2, 0.25) is 0 Å². The summed E-state index contributed by atoms with van der Waals surface area (Å²) in [4.78, 5) is 16.3. The Bertz CT molecular complexity index is 569. The second kappa shape index (κ2) is 4.14. The number of rotatable bonds is 0. The Labute approximate surface area is 108 Å². The van der Waals surface area contributed by atoms with Crippen LogP contribution in [0.1, 0.15) is 20.8 Å². The van der Waals surface area contributed by atoms with E-state index in [1.807, 2.05) is 45.0 Å². The van der Waals surface area contributed by atoms with Gasteiger partial charge in [0.25, 0.3) is 0 Å². The van der Waals surface area contributed by atoms with Crippen LogP contribution in [0.3, 0.4) is 0 Å². The van der Waals surface area contributed by atoms with Crippen molar-refractivity contribution >= 4 is 33.1 Å². The van der Waals surface area contributed by atoms with Crippen molar-refractivity contribution in [2.75, 3.05) is 0 Å². The van der Waals surface area contributed by atoms with Gasteiger partial charge in [0.1, 0.15) is 5.60 Å². The Morgan fingerprint density at radius 1 is 1.35 bits per heavy atom. The van der Waals surface area contributed by atoms with Crippen LogP contribution in [-0.4, -0.2) is 21.2 Å². The van der Waals surface area contributed by atoms with E-state index in [4.69, 9.17) is 4.74 Å². The third-order valence-electron chi connectivity index (χ3n) is 2.10. The van der Waals surface area contributed by atoms with Gasteiger partial charge in [-0.15, -0.1) is 0 Å². The molecular weight excluding hydrogens is 284 g/mol. The largest absolute Gasteiger partial charge is 0.443 e. The van der Waals surface area contributed by atoms with Gasteiger partial charge in [0, 0.05) is 0 Å². The molecular formula is C12H13BrN2O2. The van der Waals surface area contributed by atoms with Crippen molar-refractivity contribution in [3.05, 3.63) is 29.0 Å². The molecule has 0 unspecified atom stereocenters. The Morgan fingerprint density at radius 3 is 2.65 bits per heavy atom. The summed E-state index contributed by atoms with van der Waals surface area (Å²) < 4.78 is 7.19. The van der Waals surface area contributed by atoms with E-state index in [1.165, 1.54) is 4.57 Å². The van der Waals surface area contributed by atoms with Crippen molar-refractivity contribution < 1.29 is 9.53 Å². The first kappa shape index (κ1) is 12.1. The predicted molar refractivity (Wildman–Crippen MR) is 69.1 cm³/mol. The highest BCUT2D eigenvalue weighted by molar-refractivity contribution is 9.10. The van der Waals surface area contributed by atoms with Gasteiger partial charge in [0.15, 0.2) is 4.73 Å². The topological polar surface area (TPSA) is 44.1 Å². The van der Waals surface area contributed by atoms with Crippen molar-refractivity contribution in [2.45, 2.75) is 26.4 Å². The van der Waals surface area contributed by atoms with Crippen molar-refractivity contribution in [3.63, 3.8) is 0 Å². The van der Waals surface area contributed by atoms with E-state index < -0.39 is 11.7 Å². The average molecular weight is 297 g/mol. The molecule has 0 atom stereocenters. The lowest BCUT2D eigenvalue weighted by atomic mass is 10.2. The number of nitrogens with zero attached hydrogens (tertiary/aromatic N) is 2. The van der Waals surface area contributed by atoms with Gasteiger partial charge >= 0.3 is 6.09 Å². The molecule has 0 amide bonds. The molecule has 0 radical (unpaired) electrons. The summed E-state index contributed by atoms with van der Waals surface area (Å²) in [6.07, 6.45) is -0.432. The monoisotopic (exact) mass is 296 g/mol. The van der Waals surface area contributed by atoms with Crippen LogP contribution in [-0.2, 0) is 4.74 Å². The van der Waals surface area contributed by atoms with Gasteiger partial charge in [-0.1, -0.05) is 12.1 Å². The molecule has 1 aromatic carbocycles. The molecule has 0 bridgehead atoms. The summed E-state index contributed by atoms with van der Waals surface area (Å²) in [7, 11) is 0. The minimum atomic E-state index is -0.526. The Balaban J connectivity index is 2.48. The third-order valence-corrected chi connectivity index (χ3v) is 2.63. The zero-order valence-electron chi connectivity index (χ0n) is 9.90. The average Bonchev–Trinajstić information content (AvgIpc) is 2.50. The van der Waals surface area contributed by atoms with E-state index in [-0.39, 0.29) is 0 Å². The minimum absolute atomic E-state index is 0.432. The number of halogens is 1. The molecule has 0 fully saturated rings. The number of fused-ring (bicyclic) bond motifs is 1. The van der Waals surface area contributed by atoms with Crippen LogP contribution in [0.4, 0.5) is 4.79 Å². The number of benzene rings is 1. The van der Waals surface area contributed by atoms with E-state index in [1.54, 1.807) is 0 Å². The SMILES string of the molecule is CC(C)(C)OC(=O)n1c(Br)nc2ccccc21. The molecule has 0 spiro atoms. The summed E-state index contributed by atoms with van der Waals surface area (Å²) in [5.74, 6) is 0. The summed E-state index contributed by atoms with van der Waals surface area (Å²) in [5.41, 5.74) is 0.959. The molecule has 0 saturated heterocycles. The standard InChI is InChI=1S/C12H13BrN2O2/c1-12(2,3)17-11(16)15-9-7-5-4-6-8(9)14-10(15)13/h4-7H,1-3H3. The van der Waals surface area contributed by atoms with Crippen molar-refractivity contribution in [2.24, 2.45) is 0 Å². The maximum absolute atomic E-state index is 12.0. The van der Waals surface area contributed by atoms with Crippen LogP contribution >= 0.6 is 15.9 Å². The molecule has 0 saturated carbocycles. The normalized spacial score (nSPS) is 11.8. The molecule has 1 heterocycles. The van der Waals surface area contributed by atoms with Crippen LogP contribution in [0.2, 0.25) is 0 Å². The molecule has 17 heavy (non-hydrogen) atoms. The summed E-state index contributed by atoms with van der Waals surface area (Å²) in [5, 5.41) is 0. The molecule has 2 rings (SSSR count). The Hall–Kier alpha value is -1.36. The molecule has 0 aliphatic heterocycles. The number of carbonyl (C=O) groups is 1. The number of ether oxygens (including phenoxy) is 1. The number of hydrogen-bond donors (Lipinski definition) is 0. The van der Waals surface area contributed by atoms with Crippen LogP contribution < -0.4 is 0 Å². The second-order valence-electron chi connectivity index (χ2n) is 4.69. The summed E-state index contributed by atoms with van der Waals surface area (Å²) in [6.45, 7) is 5.49. The first-order valence-electron chi connectivity index (χ1n) is 5.25. The number of aromatic nitrogens is 2. The maximum atomic E-state index is 12.0. The smallest absolute Gasteiger partial charge is 0.421 e. The molecule has 0 aliphatic carbocycles. The zero-order chi connectivity index (χ0) is 12.6. The van der Waals surface area contributed by atoms with Gasteiger partial charge in [-0.05, 0) is 48.8 Å². The van der Waals surface area contributed by atoms with Crippen LogP contribution in [0, 0.1) is 0 Å². The van der Waals surface area contributed by atoms with Crippen molar-refractivity contribution in [3.8, 4) is 0 Å². The highest BCUT2D eigenvalue weighted by atomic mass is 79.9. The van der Waals surface area contributed by atoms with E-state index in [0.717, 1.165) is 11.0 Å². The third kappa shape index (κ3) is 2.49. The Kier molecular flexibility index (Phi) is 2.95. The highest BCUT2D eigenvalue weighted by Gasteiger charge is 2.21. The predicted octanol–water partition coefficient (Wildman–Crippen LogP) is 3.58. The zero-order valence-corrected chi connectivity index (χ0v) is 11.5. The molecule has 2 aromatic rings. The summed E-state index contributed by atoms with van der Waals surface area (Å²) >= 11 is 3.27. The lowest BCUT2D eigenvalue weighted by Crippen LogP contribution is -2.27. The number of carbonyl (C=O) groups excluding carboxylic acids is 1. The fourth-order valence-corrected chi connectivity index (χ4v) is 2.00. The number of imidazole rings is 1.